The lowest BCUT2D eigenvalue weighted by atomic mass is 9.98. The van der Waals surface area contributed by atoms with E-state index in [1.807, 2.05) is 37.4 Å². The minimum Gasteiger partial charge on any atom is -0.462 e. The fraction of sp³-hybridized carbons (Fsp3) is 0.588. The summed E-state index contributed by atoms with van der Waals surface area (Å²) in [6, 6.07) is 9.56. The summed E-state index contributed by atoms with van der Waals surface area (Å²) in [5, 5.41) is 19.6. The molecule has 2 saturated heterocycles. The molecule has 1 aromatic rings. The SMILES string of the molecule is CN1[C@H]2CC(OC(=O)C(CO)c3ccccc3)C[C@@H]1[C@@H](O)C2.Cl. The fourth-order valence-corrected chi connectivity index (χ4v) is 3.74. The van der Waals surface area contributed by atoms with Gasteiger partial charge in [-0.2, -0.15) is 0 Å². The van der Waals surface area contributed by atoms with E-state index >= 15 is 0 Å². The number of halogens is 1. The molecule has 6 heteroatoms. The van der Waals surface area contributed by atoms with Crippen molar-refractivity contribution in [3.05, 3.63) is 35.9 Å². The molecule has 0 radical (unpaired) electrons. The van der Waals surface area contributed by atoms with Crippen LogP contribution in [0.5, 0.6) is 0 Å². The predicted octanol–water partition coefficient (Wildman–Crippen LogP) is 1.32. The Labute approximate surface area is 142 Å². The van der Waals surface area contributed by atoms with Crippen LogP contribution < -0.4 is 0 Å². The molecule has 2 aliphatic heterocycles. The lowest BCUT2D eigenvalue weighted by molar-refractivity contribution is -0.155. The number of rotatable bonds is 4. The number of aliphatic hydroxyl groups is 2. The Morgan fingerprint density at radius 1 is 1.30 bits per heavy atom. The number of hydrogen-bond acceptors (Lipinski definition) is 5. The summed E-state index contributed by atoms with van der Waals surface area (Å²) in [4.78, 5) is 14.6. The van der Waals surface area contributed by atoms with Crippen molar-refractivity contribution in [1.82, 2.24) is 4.90 Å². The first-order valence-electron chi connectivity index (χ1n) is 7.86. The van der Waals surface area contributed by atoms with Gasteiger partial charge in [-0.05, 0) is 19.0 Å². The van der Waals surface area contributed by atoms with Crippen LogP contribution in [0.3, 0.4) is 0 Å². The average molecular weight is 342 g/mol. The average Bonchev–Trinajstić information content (AvgIpc) is 2.68. The van der Waals surface area contributed by atoms with Gasteiger partial charge < -0.3 is 14.9 Å². The van der Waals surface area contributed by atoms with Crippen molar-refractivity contribution in [2.75, 3.05) is 13.7 Å². The number of nitrogens with zero attached hydrogens (tertiary/aromatic N) is 1. The van der Waals surface area contributed by atoms with E-state index in [4.69, 9.17) is 4.74 Å². The zero-order valence-corrected chi connectivity index (χ0v) is 14.0. The van der Waals surface area contributed by atoms with Crippen LogP contribution in [0, 0.1) is 0 Å². The van der Waals surface area contributed by atoms with E-state index in [-0.39, 0.29) is 49.3 Å². The van der Waals surface area contributed by atoms with Crippen molar-refractivity contribution in [2.24, 2.45) is 0 Å². The maximum atomic E-state index is 12.4. The molecule has 2 aliphatic rings. The maximum absolute atomic E-state index is 12.4. The number of benzene rings is 1. The van der Waals surface area contributed by atoms with Gasteiger partial charge in [-0.3, -0.25) is 9.69 Å². The van der Waals surface area contributed by atoms with Gasteiger partial charge in [0.1, 0.15) is 12.0 Å². The van der Waals surface area contributed by atoms with E-state index in [0.717, 1.165) is 18.4 Å². The first-order chi connectivity index (χ1) is 10.6. The quantitative estimate of drug-likeness (QED) is 0.808. The highest BCUT2D eigenvalue weighted by Crippen LogP contribution is 2.36. The Hall–Kier alpha value is -1.14. The van der Waals surface area contributed by atoms with E-state index in [1.54, 1.807) is 0 Å². The van der Waals surface area contributed by atoms with Crippen LogP contribution >= 0.6 is 12.4 Å². The third-order valence-electron chi connectivity index (χ3n) is 5.05. The lowest BCUT2D eigenvalue weighted by Gasteiger charge is -2.36. The molecule has 0 aliphatic carbocycles. The standard InChI is InChI=1S/C17H23NO4.ClH/c1-18-12-7-13(9-15(18)16(20)8-12)22-17(21)14(10-19)11-5-3-2-4-6-11;/h2-6,12-16,19-20H,7-10H2,1H3;1H/t12-,13?,14?,15+,16-;/m0./s1. The van der Waals surface area contributed by atoms with Gasteiger partial charge in [0.25, 0.3) is 0 Å². The van der Waals surface area contributed by atoms with Crippen LogP contribution in [0.15, 0.2) is 30.3 Å². The van der Waals surface area contributed by atoms with E-state index in [0.29, 0.717) is 6.42 Å². The molecule has 23 heavy (non-hydrogen) atoms. The number of aliphatic hydroxyl groups excluding tert-OH is 2. The molecule has 5 atom stereocenters. The van der Waals surface area contributed by atoms with Crippen molar-refractivity contribution in [2.45, 2.75) is 49.5 Å². The lowest BCUT2D eigenvalue weighted by Crippen LogP contribution is -2.45. The highest BCUT2D eigenvalue weighted by Gasteiger charge is 2.45. The largest absolute Gasteiger partial charge is 0.462 e. The second-order valence-corrected chi connectivity index (χ2v) is 6.37. The molecule has 5 nitrogen and oxygen atoms in total. The van der Waals surface area contributed by atoms with Crippen LogP contribution in [0.2, 0.25) is 0 Å². The van der Waals surface area contributed by atoms with Gasteiger partial charge in [0.05, 0.1) is 12.7 Å². The molecule has 2 bridgehead atoms. The number of hydrogen-bond donors (Lipinski definition) is 2. The topological polar surface area (TPSA) is 70.0 Å². The molecule has 0 saturated carbocycles. The molecule has 1 aromatic carbocycles. The highest BCUT2D eigenvalue weighted by molar-refractivity contribution is 5.85. The number of esters is 1. The second kappa shape index (κ2) is 7.62. The van der Waals surface area contributed by atoms with Crippen molar-refractivity contribution >= 4 is 18.4 Å². The molecule has 2 fully saturated rings. The Kier molecular flexibility index (Phi) is 6.03. The van der Waals surface area contributed by atoms with Gasteiger partial charge in [-0.1, -0.05) is 30.3 Å². The Balaban J connectivity index is 0.00000192. The molecule has 0 spiro atoms. The molecule has 128 valence electrons. The zero-order valence-electron chi connectivity index (χ0n) is 13.2. The van der Waals surface area contributed by atoms with Gasteiger partial charge in [0.15, 0.2) is 0 Å². The third kappa shape index (κ3) is 3.69. The highest BCUT2D eigenvalue weighted by atomic mass is 35.5. The van der Waals surface area contributed by atoms with Crippen LogP contribution in [-0.2, 0) is 9.53 Å². The summed E-state index contributed by atoms with van der Waals surface area (Å²) < 4.78 is 5.64. The minimum absolute atomic E-state index is 0. The summed E-state index contributed by atoms with van der Waals surface area (Å²) in [5.41, 5.74) is 0.769. The first kappa shape index (κ1) is 18.2. The molecule has 2 unspecified atom stereocenters. The number of carbonyl (C=O) groups is 1. The zero-order chi connectivity index (χ0) is 15.7. The molecule has 2 N–H and O–H groups in total. The minimum atomic E-state index is -0.636. The molecule has 0 amide bonds. The molecule has 0 aromatic heterocycles. The second-order valence-electron chi connectivity index (χ2n) is 6.37. The Morgan fingerprint density at radius 3 is 2.61 bits per heavy atom. The monoisotopic (exact) mass is 341 g/mol. The normalized spacial score (nSPS) is 31.3. The fourth-order valence-electron chi connectivity index (χ4n) is 3.74. The number of ether oxygens (including phenoxy) is 1. The van der Waals surface area contributed by atoms with Crippen LogP contribution in [0.1, 0.15) is 30.7 Å². The van der Waals surface area contributed by atoms with E-state index in [2.05, 4.69) is 4.90 Å². The van der Waals surface area contributed by atoms with Crippen LogP contribution in [0.4, 0.5) is 0 Å². The molecular formula is C17H24ClNO4. The predicted molar refractivity (Wildman–Crippen MR) is 88.6 cm³/mol. The first-order valence-corrected chi connectivity index (χ1v) is 7.86. The Morgan fingerprint density at radius 2 is 2.00 bits per heavy atom. The van der Waals surface area contributed by atoms with Crippen molar-refractivity contribution in [3.63, 3.8) is 0 Å². The summed E-state index contributed by atoms with van der Waals surface area (Å²) >= 11 is 0. The van der Waals surface area contributed by atoms with Gasteiger partial charge >= 0.3 is 5.97 Å². The van der Waals surface area contributed by atoms with Crippen molar-refractivity contribution in [1.29, 1.82) is 0 Å². The summed E-state index contributed by atoms with van der Waals surface area (Å²) in [7, 11) is 2.02. The molecule has 2 heterocycles. The molecular weight excluding hydrogens is 318 g/mol. The number of likely N-dealkylation sites (N-methyl/N-ethyl adjacent to an activating group) is 1. The Bertz CT molecular complexity index is 527. The van der Waals surface area contributed by atoms with E-state index in [9.17, 15) is 15.0 Å². The van der Waals surface area contributed by atoms with E-state index < -0.39 is 5.92 Å². The number of piperidine rings is 1. The van der Waals surface area contributed by atoms with Gasteiger partial charge in [-0.15, -0.1) is 12.4 Å². The van der Waals surface area contributed by atoms with Crippen molar-refractivity contribution < 1.29 is 19.7 Å². The van der Waals surface area contributed by atoms with Gasteiger partial charge in [0, 0.05) is 24.9 Å². The number of carbonyl (C=O) groups excluding carboxylic acids is 1. The van der Waals surface area contributed by atoms with Crippen LogP contribution in [0.25, 0.3) is 0 Å². The van der Waals surface area contributed by atoms with E-state index in [1.165, 1.54) is 0 Å². The summed E-state index contributed by atoms with van der Waals surface area (Å²) in [6.07, 6.45) is 1.66. The number of fused-ring (bicyclic) bond motifs is 2. The summed E-state index contributed by atoms with van der Waals surface area (Å²) in [6.45, 7) is -0.259. The molecule has 3 rings (SSSR count). The van der Waals surface area contributed by atoms with Gasteiger partial charge in [-0.25, -0.2) is 0 Å². The van der Waals surface area contributed by atoms with Gasteiger partial charge in [0.2, 0.25) is 0 Å². The maximum Gasteiger partial charge on any atom is 0.316 e. The van der Waals surface area contributed by atoms with Crippen LogP contribution in [-0.4, -0.2) is 59.0 Å². The van der Waals surface area contributed by atoms with Crippen molar-refractivity contribution in [3.8, 4) is 0 Å². The summed E-state index contributed by atoms with van der Waals surface area (Å²) in [5.74, 6) is -1.01. The third-order valence-corrected chi connectivity index (χ3v) is 5.05. The smallest absolute Gasteiger partial charge is 0.316 e.